The summed E-state index contributed by atoms with van der Waals surface area (Å²) in [6.45, 7) is 2.45. The fraction of sp³-hybridized carbons (Fsp3) is 0.150. The number of pyridine rings is 1. The highest BCUT2D eigenvalue weighted by Crippen LogP contribution is 2.29. The Bertz CT molecular complexity index is 1090. The van der Waals surface area contributed by atoms with Gasteiger partial charge in [0.15, 0.2) is 0 Å². The molecule has 0 aliphatic heterocycles. The minimum Gasteiger partial charge on any atom is -0.364 e. The second kappa shape index (κ2) is 5.65. The van der Waals surface area contributed by atoms with Crippen LogP contribution in [0.2, 0.25) is 0 Å². The molecule has 0 radical (unpaired) electrons. The topological polar surface area (TPSA) is 36.2 Å². The molecule has 2 aromatic heterocycles. The van der Waals surface area contributed by atoms with Crippen LogP contribution >= 0.6 is 0 Å². The molecule has 4 nitrogen and oxygen atoms in total. The first-order chi connectivity index (χ1) is 11.7. The Kier molecular flexibility index (Phi) is 3.47. The van der Waals surface area contributed by atoms with E-state index in [-0.39, 0.29) is 5.56 Å². The van der Waals surface area contributed by atoms with E-state index in [1.165, 1.54) is 0 Å². The molecule has 4 heteroatoms. The minimum absolute atomic E-state index is 0.00662. The van der Waals surface area contributed by atoms with Crippen LogP contribution in [0.3, 0.4) is 0 Å². The quantitative estimate of drug-likeness (QED) is 0.575. The summed E-state index contributed by atoms with van der Waals surface area (Å²) in [5.74, 6) is 0. The lowest BCUT2D eigenvalue weighted by molar-refractivity contribution is 0.138. The Labute approximate surface area is 139 Å². The number of para-hydroxylation sites is 2. The number of aryl methyl sites for hydroxylation is 1. The van der Waals surface area contributed by atoms with Crippen molar-refractivity contribution in [3.05, 3.63) is 76.7 Å². The number of aromatic nitrogens is 2. The van der Waals surface area contributed by atoms with Gasteiger partial charge in [0.1, 0.15) is 6.73 Å². The first-order valence-corrected chi connectivity index (χ1v) is 7.90. The third-order valence-electron chi connectivity index (χ3n) is 4.39. The summed E-state index contributed by atoms with van der Waals surface area (Å²) in [7, 11) is 1.67. The third kappa shape index (κ3) is 2.07. The molecule has 4 aromatic rings. The number of ether oxygens (including phenoxy) is 1. The van der Waals surface area contributed by atoms with Crippen LogP contribution in [0.4, 0.5) is 0 Å². The molecule has 0 spiro atoms. The maximum Gasteiger partial charge on any atom is 0.265 e. The molecule has 2 heterocycles. The highest BCUT2D eigenvalue weighted by atomic mass is 16.5. The summed E-state index contributed by atoms with van der Waals surface area (Å²) < 4.78 is 9.16. The summed E-state index contributed by atoms with van der Waals surface area (Å²) in [6.07, 6.45) is 1.91. The summed E-state index contributed by atoms with van der Waals surface area (Å²) in [6, 6.07) is 17.7. The Hall–Kier alpha value is -2.85. The van der Waals surface area contributed by atoms with Gasteiger partial charge in [-0.15, -0.1) is 0 Å². The number of nitrogens with zero attached hydrogens (tertiary/aromatic N) is 2. The SMILES string of the molecule is COCn1c2ccccc2c2c(=O)n(-c3ccccc3)cc(C)c21. The van der Waals surface area contributed by atoms with Crippen LogP contribution in [0, 0.1) is 6.92 Å². The van der Waals surface area contributed by atoms with E-state index in [1.54, 1.807) is 11.7 Å². The molecule has 120 valence electrons. The van der Waals surface area contributed by atoms with Crippen molar-refractivity contribution >= 4 is 21.8 Å². The molecule has 0 aliphatic carbocycles. The minimum atomic E-state index is -0.00662. The van der Waals surface area contributed by atoms with Gasteiger partial charge in [-0.2, -0.15) is 0 Å². The average Bonchev–Trinajstić information content (AvgIpc) is 2.95. The molecule has 0 saturated heterocycles. The summed E-state index contributed by atoms with van der Waals surface area (Å²) in [5, 5.41) is 1.70. The van der Waals surface area contributed by atoms with E-state index in [1.807, 2.05) is 67.7 Å². The Morgan fingerprint density at radius 2 is 1.71 bits per heavy atom. The fourth-order valence-corrected chi connectivity index (χ4v) is 3.41. The Morgan fingerprint density at radius 3 is 2.46 bits per heavy atom. The molecule has 4 rings (SSSR count). The highest BCUT2D eigenvalue weighted by Gasteiger charge is 2.17. The van der Waals surface area contributed by atoms with Crippen LogP contribution < -0.4 is 5.56 Å². The van der Waals surface area contributed by atoms with Gasteiger partial charge >= 0.3 is 0 Å². The van der Waals surface area contributed by atoms with Gasteiger partial charge in [-0.1, -0.05) is 36.4 Å². The molecule has 0 saturated carbocycles. The standard InChI is InChI=1S/C20H18N2O2/c1-14-12-21(15-8-4-3-5-9-15)20(23)18-16-10-6-7-11-17(16)22(13-24-2)19(14)18/h3-12H,13H2,1-2H3. The van der Waals surface area contributed by atoms with Crippen LogP contribution in [-0.4, -0.2) is 16.2 Å². The van der Waals surface area contributed by atoms with E-state index < -0.39 is 0 Å². The van der Waals surface area contributed by atoms with E-state index in [2.05, 4.69) is 4.57 Å². The lowest BCUT2D eigenvalue weighted by Gasteiger charge is -2.11. The van der Waals surface area contributed by atoms with Crippen molar-refractivity contribution < 1.29 is 4.74 Å². The van der Waals surface area contributed by atoms with Gasteiger partial charge in [0.05, 0.1) is 16.4 Å². The van der Waals surface area contributed by atoms with E-state index in [0.29, 0.717) is 6.73 Å². The molecule has 2 aromatic carbocycles. The van der Waals surface area contributed by atoms with Crippen LogP contribution in [0.1, 0.15) is 5.56 Å². The predicted molar refractivity (Wildman–Crippen MR) is 96.8 cm³/mol. The number of methoxy groups -OCH3 is 1. The largest absolute Gasteiger partial charge is 0.364 e. The van der Waals surface area contributed by atoms with Crippen LogP contribution in [0.15, 0.2) is 65.6 Å². The van der Waals surface area contributed by atoms with E-state index in [0.717, 1.165) is 33.1 Å². The van der Waals surface area contributed by atoms with Crippen molar-refractivity contribution in [1.82, 2.24) is 9.13 Å². The molecular weight excluding hydrogens is 300 g/mol. The first-order valence-electron chi connectivity index (χ1n) is 7.90. The Balaban J connectivity index is 2.18. The second-order valence-corrected chi connectivity index (χ2v) is 5.91. The fourth-order valence-electron chi connectivity index (χ4n) is 3.41. The number of hydrogen-bond donors (Lipinski definition) is 0. The molecule has 0 amide bonds. The monoisotopic (exact) mass is 318 g/mol. The van der Waals surface area contributed by atoms with Crippen LogP contribution in [-0.2, 0) is 11.5 Å². The number of fused-ring (bicyclic) bond motifs is 3. The van der Waals surface area contributed by atoms with Crippen molar-refractivity contribution in [2.45, 2.75) is 13.7 Å². The lowest BCUT2D eigenvalue weighted by Crippen LogP contribution is -2.18. The molecule has 0 fully saturated rings. The van der Waals surface area contributed by atoms with Gasteiger partial charge in [-0.25, -0.2) is 0 Å². The average molecular weight is 318 g/mol. The van der Waals surface area contributed by atoms with Gasteiger partial charge in [-0.3, -0.25) is 9.36 Å². The van der Waals surface area contributed by atoms with Crippen LogP contribution in [0.25, 0.3) is 27.5 Å². The van der Waals surface area contributed by atoms with Crippen molar-refractivity contribution in [3.8, 4) is 5.69 Å². The zero-order chi connectivity index (χ0) is 16.7. The summed E-state index contributed by atoms with van der Waals surface area (Å²) in [4.78, 5) is 13.2. The van der Waals surface area contributed by atoms with Crippen molar-refractivity contribution in [2.24, 2.45) is 0 Å². The zero-order valence-electron chi connectivity index (χ0n) is 13.7. The normalized spacial score (nSPS) is 11.4. The van der Waals surface area contributed by atoms with E-state index in [9.17, 15) is 4.79 Å². The highest BCUT2D eigenvalue weighted by molar-refractivity contribution is 6.08. The molecule has 0 unspecified atom stereocenters. The maximum absolute atomic E-state index is 13.2. The molecule has 0 atom stereocenters. The number of rotatable bonds is 3. The molecule has 0 N–H and O–H groups in total. The zero-order valence-corrected chi connectivity index (χ0v) is 13.7. The van der Waals surface area contributed by atoms with Gasteiger partial charge in [-0.05, 0) is 30.7 Å². The van der Waals surface area contributed by atoms with Crippen molar-refractivity contribution in [1.29, 1.82) is 0 Å². The van der Waals surface area contributed by atoms with Gasteiger partial charge in [0.25, 0.3) is 5.56 Å². The molecular formula is C20H18N2O2. The Morgan fingerprint density at radius 1 is 1.00 bits per heavy atom. The van der Waals surface area contributed by atoms with Crippen LogP contribution in [0.5, 0.6) is 0 Å². The summed E-state index contributed by atoms with van der Waals surface area (Å²) >= 11 is 0. The lowest BCUT2D eigenvalue weighted by atomic mass is 10.1. The van der Waals surface area contributed by atoms with Gasteiger partial charge in [0, 0.05) is 24.4 Å². The number of hydrogen-bond acceptors (Lipinski definition) is 2. The van der Waals surface area contributed by atoms with Crippen molar-refractivity contribution in [2.75, 3.05) is 7.11 Å². The molecule has 24 heavy (non-hydrogen) atoms. The maximum atomic E-state index is 13.2. The van der Waals surface area contributed by atoms with E-state index >= 15 is 0 Å². The van der Waals surface area contributed by atoms with Gasteiger partial charge in [0.2, 0.25) is 0 Å². The second-order valence-electron chi connectivity index (χ2n) is 5.91. The summed E-state index contributed by atoms with van der Waals surface area (Å²) in [5.41, 5.74) is 3.86. The van der Waals surface area contributed by atoms with E-state index in [4.69, 9.17) is 4.74 Å². The molecule has 0 aliphatic rings. The third-order valence-corrected chi connectivity index (χ3v) is 4.39. The smallest absolute Gasteiger partial charge is 0.265 e. The van der Waals surface area contributed by atoms with Gasteiger partial charge < -0.3 is 9.30 Å². The molecule has 0 bridgehead atoms. The van der Waals surface area contributed by atoms with Crippen molar-refractivity contribution in [3.63, 3.8) is 0 Å². The first kappa shape index (κ1) is 14.7. The predicted octanol–water partition coefficient (Wildman–Crippen LogP) is 3.86. The number of benzene rings is 2.